The summed E-state index contributed by atoms with van der Waals surface area (Å²) < 4.78 is 0. The second-order valence-corrected chi connectivity index (χ2v) is 4.25. The maximum absolute atomic E-state index is 11.9. The molecule has 0 spiro atoms. The highest BCUT2D eigenvalue weighted by molar-refractivity contribution is 5.82. The molecule has 0 radical (unpaired) electrons. The third-order valence-electron chi connectivity index (χ3n) is 2.87. The van der Waals surface area contributed by atoms with Crippen LogP contribution in [0.25, 0.3) is 0 Å². The summed E-state index contributed by atoms with van der Waals surface area (Å²) >= 11 is 0. The Bertz CT molecular complexity index is 351. The molecule has 0 heterocycles. The number of nitrogens with zero attached hydrogens (tertiary/aromatic N) is 1. The van der Waals surface area contributed by atoms with Crippen LogP contribution in [0.3, 0.4) is 0 Å². The van der Waals surface area contributed by atoms with Crippen molar-refractivity contribution in [2.75, 3.05) is 6.54 Å². The first-order chi connectivity index (χ1) is 8.11. The van der Waals surface area contributed by atoms with Crippen LogP contribution in [-0.2, 0) is 4.79 Å². The van der Waals surface area contributed by atoms with E-state index in [9.17, 15) is 4.79 Å². The number of carbonyl (C=O) groups is 1. The van der Waals surface area contributed by atoms with Crippen molar-refractivity contribution in [3.63, 3.8) is 0 Å². The van der Waals surface area contributed by atoms with E-state index in [1.54, 1.807) is 0 Å². The molecule has 4 heteroatoms. The van der Waals surface area contributed by atoms with Crippen LogP contribution in [0.1, 0.15) is 32.4 Å². The van der Waals surface area contributed by atoms with E-state index in [0.717, 1.165) is 12.1 Å². The molecule has 1 atom stereocenters. The summed E-state index contributed by atoms with van der Waals surface area (Å²) in [6, 6.07) is 9.65. The van der Waals surface area contributed by atoms with Gasteiger partial charge in [0.2, 0.25) is 0 Å². The zero-order chi connectivity index (χ0) is 12.8. The molecule has 3 N–H and O–H groups in total. The molecule has 0 bridgehead atoms. The predicted molar refractivity (Wildman–Crippen MR) is 69.0 cm³/mol. The first kappa shape index (κ1) is 13.7. The van der Waals surface area contributed by atoms with Crippen molar-refractivity contribution in [2.24, 2.45) is 5.84 Å². The maximum atomic E-state index is 11.9. The minimum atomic E-state index is -0.328. The van der Waals surface area contributed by atoms with Crippen LogP contribution in [0.4, 0.5) is 0 Å². The molecule has 94 valence electrons. The molecular formula is C13H21N3O. The van der Waals surface area contributed by atoms with E-state index in [2.05, 4.69) is 24.2 Å². The third kappa shape index (κ3) is 3.28. The normalized spacial score (nSPS) is 12.8. The molecule has 1 amide bonds. The second kappa shape index (κ2) is 6.37. The van der Waals surface area contributed by atoms with Crippen LogP contribution in [0.5, 0.6) is 0 Å². The monoisotopic (exact) mass is 235 g/mol. The molecule has 0 saturated heterocycles. The summed E-state index contributed by atoms with van der Waals surface area (Å²) in [5, 5.41) is 0. The lowest BCUT2D eigenvalue weighted by atomic mass is 10.0. The van der Waals surface area contributed by atoms with Crippen molar-refractivity contribution < 1.29 is 4.79 Å². The minimum absolute atomic E-state index is 0.174. The average Bonchev–Trinajstić information content (AvgIpc) is 2.35. The van der Waals surface area contributed by atoms with Gasteiger partial charge in [0.25, 0.3) is 5.91 Å². The molecule has 0 aromatic heterocycles. The molecule has 1 aromatic carbocycles. The van der Waals surface area contributed by atoms with Crippen LogP contribution < -0.4 is 11.3 Å². The first-order valence-corrected chi connectivity index (χ1v) is 5.93. The van der Waals surface area contributed by atoms with Crippen molar-refractivity contribution >= 4 is 5.91 Å². The van der Waals surface area contributed by atoms with Gasteiger partial charge in [0.05, 0.1) is 0 Å². The number of hydrogen-bond acceptors (Lipinski definition) is 3. The van der Waals surface area contributed by atoms with Crippen molar-refractivity contribution in [1.82, 2.24) is 10.3 Å². The zero-order valence-corrected chi connectivity index (χ0v) is 10.7. The Morgan fingerprint density at radius 2 is 1.94 bits per heavy atom. The largest absolute Gasteiger partial charge is 0.293 e. The smallest absolute Gasteiger partial charge is 0.255 e. The van der Waals surface area contributed by atoms with Crippen LogP contribution in [0, 0.1) is 0 Å². The molecular weight excluding hydrogens is 214 g/mol. The van der Waals surface area contributed by atoms with Gasteiger partial charge in [-0.15, -0.1) is 0 Å². The van der Waals surface area contributed by atoms with Crippen molar-refractivity contribution in [1.29, 1.82) is 0 Å². The van der Waals surface area contributed by atoms with E-state index in [4.69, 9.17) is 5.84 Å². The summed E-state index contributed by atoms with van der Waals surface area (Å²) in [5.41, 5.74) is 3.22. The summed E-state index contributed by atoms with van der Waals surface area (Å²) in [4.78, 5) is 14.0. The molecule has 1 unspecified atom stereocenters. The van der Waals surface area contributed by atoms with Gasteiger partial charge in [0.15, 0.2) is 0 Å². The molecule has 0 saturated carbocycles. The Kier molecular flexibility index (Phi) is 5.12. The number of benzene rings is 1. The maximum Gasteiger partial charge on any atom is 0.255 e. The lowest BCUT2D eigenvalue weighted by Crippen LogP contribution is -2.45. The Hall–Kier alpha value is -1.39. The zero-order valence-electron chi connectivity index (χ0n) is 10.7. The van der Waals surface area contributed by atoms with Crippen molar-refractivity contribution in [3.8, 4) is 0 Å². The van der Waals surface area contributed by atoms with E-state index < -0.39 is 0 Å². The molecule has 1 rings (SSSR count). The topological polar surface area (TPSA) is 58.4 Å². The number of rotatable bonds is 5. The minimum Gasteiger partial charge on any atom is -0.293 e. The van der Waals surface area contributed by atoms with Gasteiger partial charge in [-0.1, -0.05) is 37.3 Å². The quantitative estimate of drug-likeness (QED) is 0.461. The van der Waals surface area contributed by atoms with E-state index in [1.165, 1.54) is 0 Å². The van der Waals surface area contributed by atoms with Crippen LogP contribution in [0.2, 0.25) is 0 Å². The number of hydrazine groups is 1. The average molecular weight is 235 g/mol. The summed E-state index contributed by atoms with van der Waals surface area (Å²) in [6.07, 6.45) is 0. The number of nitrogens with one attached hydrogen (secondary N) is 1. The Balaban J connectivity index is 3.07. The van der Waals surface area contributed by atoms with E-state index >= 15 is 0 Å². The fourth-order valence-corrected chi connectivity index (χ4v) is 2.05. The number of nitrogens with two attached hydrogens (primary N) is 1. The van der Waals surface area contributed by atoms with Gasteiger partial charge in [-0.2, -0.15) is 0 Å². The Labute approximate surface area is 103 Å². The third-order valence-corrected chi connectivity index (χ3v) is 2.87. The van der Waals surface area contributed by atoms with Gasteiger partial charge in [0.1, 0.15) is 6.04 Å². The molecule has 0 fully saturated rings. The van der Waals surface area contributed by atoms with Crippen LogP contribution in [0.15, 0.2) is 30.3 Å². The highest BCUT2D eigenvalue weighted by atomic mass is 16.2. The van der Waals surface area contributed by atoms with Crippen molar-refractivity contribution in [3.05, 3.63) is 35.9 Å². The van der Waals surface area contributed by atoms with Crippen LogP contribution in [-0.4, -0.2) is 23.4 Å². The molecule has 17 heavy (non-hydrogen) atoms. The lowest BCUT2D eigenvalue weighted by Gasteiger charge is -2.32. The Morgan fingerprint density at radius 1 is 1.35 bits per heavy atom. The molecule has 1 aromatic rings. The standard InChI is InChI=1S/C13H21N3O/c1-4-16(10(2)3)12(13(17)15-14)11-8-6-5-7-9-11/h5-10,12H,4,14H2,1-3H3,(H,15,17). The van der Waals surface area contributed by atoms with Crippen molar-refractivity contribution in [2.45, 2.75) is 32.9 Å². The number of carbonyl (C=O) groups excluding carboxylic acids is 1. The summed E-state index contributed by atoms with van der Waals surface area (Å²) in [7, 11) is 0. The molecule has 4 nitrogen and oxygen atoms in total. The highest BCUT2D eigenvalue weighted by Gasteiger charge is 2.27. The SMILES string of the molecule is CCN(C(C)C)C(C(=O)NN)c1ccccc1. The summed E-state index contributed by atoms with van der Waals surface area (Å²) in [5.74, 6) is 5.10. The molecule has 0 aliphatic carbocycles. The van der Waals surface area contributed by atoms with Gasteiger partial charge in [-0.3, -0.25) is 15.1 Å². The Morgan fingerprint density at radius 3 is 2.35 bits per heavy atom. The van der Waals surface area contributed by atoms with Gasteiger partial charge in [-0.25, -0.2) is 5.84 Å². The number of amides is 1. The first-order valence-electron chi connectivity index (χ1n) is 5.93. The van der Waals surface area contributed by atoms with Gasteiger partial charge < -0.3 is 0 Å². The van der Waals surface area contributed by atoms with Gasteiger partial charge >= 0.3 is 0 Å². The fraction of sp³-hybridized carbons (Fsp3) is 0.462. The van der Waals surface area contributed by atoms with E-state index in [0.29, 0.717) is 0 Å². The second-order valence-electron chi connectivity index (χ2n) is 4.25. The predicted octanol–water partition coefficient (Wildman–Crippen LogP) is 1.45. The highest BCUT2D eigenvalue weighted by Crippen LogP contribution is 2.22. The van der Waals surface area contributed by atoms with E-state index in [1.807, 2.05) is 37.3 Å². The lowest BCUT2D eigenvalue weighted by molar-refractivity contribution is -0.127. The number of hydrogen-bond donors (Lipinski definition) is 2. The van der Waals surface area contributed by atoms with E-state index in [-0.39, 0.29) is 18.0 Å². The molecule has 0 aliphatic heterocycles. The number of likely N-dealkylation sites (N-methyl/N-ethyl adjacent to an activating group) is 1. The molecule has 0 aliphatic rings. The fourth-order valence-electron chi connectivity index (χ4n) is 2.05. The van der Waals surface area contributed by atoms with Crippen LogP contribution >= 0.6 is 0 Å². The summed E-state index contributed by atoms with van der Waals surface area (Å²) in [6.45, 7) is 6.98. The van der Waals surface area contributed by atoms with Gasteiger partial charge in [0, 0.05) is 6.04 Å². The van der Waals surface area contributed by atoms with Gasteiger partial charge in [-0.05, 0) is 26.0 Å².